The van der Waals surface area contributed by atoms with E-state index in [0.29, 0.717) is 5.56 Å². The highest BCUT2D eigenvalue weighted by atomic mass is 16.6. The van der Waals surface area contributed by atoms with Crippen molar-refractivity contribution in [2.45, 2.75) is 71.2 Å². The van der Waals surface area contributed by atoms with Crippen molar-refractivity contribution in [1.29, 1.82) is 0 Å². The van der Waals surface area contributed by atoms with Crippen LogP contribution in [0.2, 0.25) is 0 Å². The molecule has 0 saturated heterocycles. The normalized spacial score (nSPS) is 12.7. The Morgan fingerprint density at radius 3 is 2.14 bits per heavy atom. The highest BCUT2D eigenvalue weighted by Crippen LogP contribution is 2.23. The monoisotopic (exact) mass is 510 g/mol. The first-order valence-electron chi connectivity index (χ1n) is 12.4. The van der Waals surface area contributed by atoms with Crippen molar-refractivity contribution in [1.82, 2.24) is 15.5 Å². The average molecular weight is 511 g/mol. The van der Waals surface area contributed by atoms with Crippen LogP contribution in [0.1, 0.15) is 63.3 Å². The molecule has 2 rings (SSSR count). The lowest BCUT2D eigenvalue weighted by atomic mass is 10.0. The van der Waals surface area contributed by atoms with Crippen molar-refractivity contribution in [3.05, 3.63) is 71.3 Å². The molecule has 0 heterocycles. The third kappa shape index (κ3) is 9.59. The van der Waals surface area contributed by atoms with E-state index in [1.807, 2.05) is 61.5 Å². The number of primary amides is 1. The molecule has 0 aliphatic heterocycles. The van der Waals surface area contributed by atoms with Gasteiger partial charge in [0.25, 0.3) is 0 Å². The van der Waals surface area contributed by atoms with Crippen molar-refractivity contribution in [2.24, 2.45) is 5.73 Å². The number of carbonyl (C=O) groups excluding carboxylic acids is 4. The molecule has 0 aromatic heterocycles. The minimum Gasteiger partial charge on any atom is -0.444 e. The molecule has 0 radical (unpaired) electrons. The molecule has 200 valence electrons. The van der Waals surface area contributed by atoms with Crippen LogP contribution in [-0.4, -0.2) is 47.4 Å². The molecule has 0 bridgehead atoms. The van der Waals surface area contributed by atoms with Crippen molar-refractivity contribution in [3.8, 4) is 0 Å². The van der Waals surface area contributed by atoms with E-state index in [0.717, 1.165) is 17.5 Å². The maximum Gasteiger partial charge on any atom is 0.408 e. The van der Waals surface area contributed by atoms with Gasteiger partial charge in [-0.15, -0.1) is 0 Å². The molecule has 4 amide bonds. The smallest absolute Gasteiger partial charge is 0.408 e. The molecule has 0 aliphatic carbocycles. The highest BCUT2D eigenvalue weighted by Gasteiger charge is 2.34. The van der Waals surface area contributed by atoms with Gasteiger partial charge in [-0.2, -0.15) is 0 Å². The number of nitrogens with one attached hydrogen (secondary N) is 2. The molecule has 37 heavy (non-hydrogen) atoms. The Morgan fingerprint density at radius 1 is 0.973 bits per heavy atom. The summed E-state index contributed by atoms with van der Waals surface area (Å²) in [5.74, 6) is -1.54. The Kier molecular flexibility index (Phi) is 10.7. The zero-order valence-electron chi connectivity index (χ0n) is 22.2. The average Bonchev–Trinajstić information content (AvgIpc) is 2.84. The second-order valence-electron chi connectivity index (χ2n) is 9.85. The summed E-state index contributed by atoms with van der Waals surface area (Å²) in [6.07, 6.45) is -0.142. The number of likely N-dealkylation sites (N-methyl/N-ethyl adjacent to an activating group) is 1. The van der Waals surface area contributed by atoms with Crippen LogP contribution in [0, 0.1) is 0 Å². The third-order valence-corrected chi connectivity index (χ3v) is 5.67. The number of carbonyl (C=O) groups is 4. The molecule has 9 nitrogen and oxygen atoms in total. The quantitative estimate of drug-likeness (QED) is 0.427. The molecule has 0 saturated carbocycles. The SMILES string of the molecule is CCc1ccc(C(C(=O)NCc2ccccc2)N(C)C(=O)C(CCC(N)=O)NC(=O)OC(C)(C)C)cc1. The summed E-state index contributed by atoms with van der Waals surface area (Å²) in [5, 5.41) is 5.44. The second-order valence-corrected chi connectivity index (χ2v) is 9.85. The van der Waals surface area contributed by atoms with E-state index in [2.05, 4.69) is 10.6 Å². The van der Waals surface area contributed by atoms with Gasteiger partial charge in [0.15, 0.2) is 0 Å². The highest BCUT2D eigenvalue weighted by molar-refractivity contribution is 5.92. The third-order valence-electron chi connectivity index (χ3n) is 5.67. The van der Waals surface area contributed by atoms with Gasteiger partial charge in [0.1, 0.15) is 17.7 Å². The lowest BCUT2D eigenvalue weighted by molar-refractivity contribution is -0.141. The molecule has 0 spiro atoms. The van der Waals surface area contributed by atoms with Crippen LogP contribution in [0.3, 0.4) is 0 Å². The predicted molar refractivity (Wildman–Crippen MR) is 141 cm³/mol. The number of nitrogens with two attached hydrogens (primary N) is 1. The van der Waals surface area contributed by atoms with Gasteiger partial charge >= 0.3 is 6.09 Å². The van der Waals surface area contributed by atoms with Crippen LogP contribution in [0.5, 0.6) is 0 Å². The maximum atomic E-state index is 13.6. The predicted octanol–water partition coefficient (Wildman–Crippen LogP) is 3.22. The number of aryl methyl sites for hydroxylation is 1. The number of hydrogen-bond acceptors (Lipinski definition) is 5. The fourth-order valence-corrected chi connectivity index (χ4v) is 3.74. The first-order valence-corrected chi connectivity index (χ1v) is 12.4. The van der Waals surface area contributed by atoms with Gasteiger partial charge in [0.2, 0.25) is 17.7 Å². The van der Waals surface area contributed by atoms with Gasteiger partial charge in [0.05, 0.1) is 0 Å². The molecule has 2 unspecified atom stereocenters. The van der Waals surface area contributed by atoms with Gasteiger partial charge in [-0.3, -0.25) is 14.4 Å². The van der Waals surface area contributed by atoms with Crippen LogP contribution in [0.25, 0.3) is 0 Å². The Morgan fingerprint density at radius 2 is 1.59 bits per heavy atom. The molecule has 4 N–H and O–H groups in total. The summed E-state index contributed by atoms with van der Waals surface area (Å²) in [5.41, 5.74) is 7.13. The second kappa shape index (κ2) is 13.4. The van der Waals surface area contributed by atoms with E-state index < -0.39 is 35.6 Å². The van der Waals surface area contributed by atoms with Gasteiger partial charge < -0.3 is 26.0 Å². The summed E-state index contributed by atoms with van der Waals surface area (Å²) < 4.78 is 5.29. The number of hydrogen-bond donors (Lipinski definition) is 3. The van der Waals surface area contributed by atoms with Gasteiger partial charge in [0, 0.05) is 20.0 Å². The van der Waals surface area contributed by atoms with Crippen LogP contribution in [-0.2, 0) is 32.1 Å². The number of alkyl carbamates (subject to hydrolysis) is 1. The van der Waals surface area contributed by atoms with Crippen LogP contribution in [0.15, 0.2) is 54.6 Å². The zero-order valence-corrected chi connectivity index (χ0v) is 22.2. The minimum absolute atomic E-state index is 0.0368. The number of benzene rings is 2. The molecule has 2 atom stereocenters. The van der Waals surface area contributed by atoms with E-state index in [1.54, 1.807) is 20.8 Å². The van der Waals surface area contributed by atoms with E-state index >= 15 is 0 Å². The van der Waals surface area contributed by atoms with Gasteiger partial charge in [-0.05, 0) is 50.3 Å². The van der Waals surface area contributed by atoms with E-state index in [9.17, 15) is 19.2 Å². The van der Waals surface area contributed by atoms with E-state index in [1.165, 1.54) is 11.9 Å². The largest absolute Gasteiger partial charge is 0.444 e. The molecule has 2 aromatic rings. The Bertz CT molecular complexity index is 1060. The van der Waals surface area contributed by atoms with E-state index in [4.69, 9.17) is 10.5 Å². The molecular formula is C28H38N4O5. The fourth-order valence-electron chi connectivity index (χ4n) is 3.74. The molecule has 2 aromatic carbocycles. The number of amides is 4. The van der Waals surface area contributed by atoms with Crippen molar-refractivity contribution in [3.63, 3.8) is 0 Å². The molecule has 9 heteroatoms. The zero-order chi connectivity index (χ0) is 27.6. The summed E-state index contributed by atoms with van der Waals surface area (Å²) in [7, 11) is 1.50. The minimum atomic E-state index is -1.12. The lowest BCUT2D eigenvalue weighted by Gasteiger charge is -2.31. The van der Waals surface area contributed by atoms with Crippen LogP contribution >= 0.6 is 0 Å². The lowest BCUT2D eigenvalue weighted by Crippen LogP contribution is -2.51. The summed E-state index contributed by atoms with van der Waals surface area (Å²) >= 11 is 0. The molecule has 0 fully saturated rings. The summed E-state index contributed by atoms with van der Waals surface area (Å²) in [6, 6.07) is 14.8. The van der Waals surface area contributed by atoms with Gasteiger partial charge in [-0.1, -0.05) is 61.5 Å². The van der Waals surface area contributed by atoms with Crippen molar-refractivity contribution < 1.29 is 23.9 Å². The topological polar surface area (TPSA) is 131 Å². The Labute approximate surface area is 218 Å². The number of ether oxygens (including phenoxy) is 1. The fraction of sp³-hybridized carbons (Fsp3) is 0.429. The maximum absolute atomic E-state index is 13.6. The Balaban J connectivity index is 2.32. The first-order chi connectivity index (χ1) is 17.4. The summed E-state index contributed by atoms with van der Waals surface area (Å²) in [4.78, 5) is 52.2. The molecular weight excluding hydrogens is 472 g/mol. The standard InChI is InChI=1S/C28H38N4O5/c1-6-19-12-14-21(15-13-19)24(25(34)30-18-20-10-8-7-9-11-20)32(5)26(35)22(16-17-23(29)33)31-27(36)37-28(2,3)4/h7-15,22,24H,6,16-18H2,1-5H3,(H2,29,33)(H,30,34)(H,31,36). The number of nitrogens with zero attached hydrogens (tertiary/aromatic N) is 1. The van der Waals surface area contributed by atoms with Crippen molar-refractivity contribution >= 4 is 23.8 Å². The van der Waals surface area contributed by atoms with E-state index in [-0.39, 0.29) is 25.3 Å². The first kappa shape index (κ1) is 29.4. The molecule has 0 aliphatic rings. The van der Waals surface area contributed by atoms with Crippen LogP contribution < -0.4 is 16.4 Å². The Hall–Kier alpha value is -3.88. The number of rotatable bonds is 11. The van der Waals surface area contributed by atoms with Crippen LogP contribution in [0.4, 0.5) is 4.79 Å². The summed E-state index contributed by atoms with van der Waals surface area (Å²) in [6.45, 7) is 7.41. The van der Waals surface area contributed by atoms with Gasteiger partial charge in [-0.25, -0.2) is 4.79 Å². The van der Waals surface area contributed by atoms with Crippen molar-refractivity contribution in [2.75, 3.05) is 7.05 Å².